The molecular formula is C12H10ClN3O. The molecule has 0 spiro atoms. The fraction of sp³-hybridized carbons (Fsp3) is 0.0833. The van der Waals surface area contributed by atoms with Crippen molar-refractivity contribution < 1.29 is 4.74 Å². The molecule has 5 heteroatoms. The summed E-state index contributed by atoms with van der Waals surface area (Å²) in [5, 5.41) is 9.36. The third-order valence-electron chi connectivity index (χ3n) is 2.36. The van der Waals surface area contributed by atoms with Gasteiger partial charge in [0.15, 0.2) is 0 Å². The first-order valence-electron chi connectivity index (χ1n) is 4.91. The van der Waals surface area contributed by atoms with Gasteiger partial charge in [0.2, 0.25) is 5.88 Å². The highest BCUT2D eigenvalue weighted by molar-refractivity contribution is 6.32. The second-order valence-corrected chi connectivity index (χ2v) is 3.90. The number of para-hydroxylation sites is 1. The number of nitriles is 1. The minimum Gasteiger partial charge on any atom is -0.437 e. The van der Waals surface area contributed by atoms with Crippen molar-refractivity contribution >= 4 is 17.3 Å². The number of benzene rings is 1. The second kappa shape index (κ2) is 4.40. The van der Waals surface area contributed by atoms with Crippen LogP contribution in [0.15, 0.2) is 30.3 Å². The molecule has 0 radical (unpaired) electrons. The maximum absolute atomic E-state index is 8.87. The van der Waals surface area contributed by atoms with Gasteiger partial charge in [-0.3, -0.25) is 0 Å². The average Bonchev–Trinajstić information content (AvgIpc) is 2.59. The molecule has 1 heterocycles. The molecule has 0 aliphatic carbocycles. The maximum atomic E-state index is 8.87. The SMILES string of the molecule is Cn1c(C#N)cc(N)c1Oc1ccccc1Cl. The molecule has 0 aliphatic heterocycles. The van der Waals surface area contributed by atoms with Gasteiger partial charge in [0.25, 0.3) is 0 Å². The first kappa shape index (κ1) is 11.4. The Kier molecular flexibility index (Phi) is 2.94. The van der Waals surface area contributed by atoms with Gasteiger partial charge in [-0.15, -0.1) is 0 Å². The number of nitrogen functional groups attached to an aromatic ring is 1. The van der Waals surface area contributed by atoms with Gasteiger partial charge in [-0.1, -0.05) is 23.7 Å². The van der Waals surface area contributed by atoms with Gasteiger partial charge in [-0.2, -0.15) is 5.26 Å². The molecule has 0 saturated heterocycles. The van der Waals surface area contributed by atoms with Crippen LogP contribution in [0.3, 0.4) is 0 Å². The Morgan fingerprint density at radius 3 is 2.71 bits per heavy atom. The zero-order valence-electron chi connectivity index (χ0n) is 9.14. The molecule has 4 nitrogen and oxygen atoms in total. The Labute approximate surface area is 104 Å². The van der Waals surface area contributed by atoms with Crippen LogP contribution in [0, 0.1) is 11.3 Å². The van der Waals surface area contributed by atoms with Crippen LogP contribution in [0.4, 0.5) is 5.69 Å². The van der Waals surface area contributed by atoms with E-state index in [2.05, 4.69) is 0 Å². The molecule has 17 heavy (non-hydrogen) atoms. The topological polar surface area (TPSA) is 64.0 Å². The monoisotopic (exact) mass is 247 g/mol. The molecule has 2 aromatic rings. The van der Waals surface area contributed by atoms with E-state index in [0.29, 0.717) is 28.0 Å². The highest BCUT2D eigenvalue weighted by Gasteiger charge is 2.13. The molecule has 0 bridgehead atoms. The number of nitrogens with zero attached hydrogens (tertiary/aromatic N) is 2. The fourth-order valence-electron chi connectivity index (χ4n) is 1.48. The number of hydrogen-bond donors (Lipinski definition) is 1. The molecule has 0 atom stereocenters. The molecule has 0 unspecified atom stereocenters. The van der Waals surface area contributed by atoms with E-state index in [-0.39, 0.29) is 0 Å². The van der Waals surface area contributed by atoms with Crippen LogP contribution >= 0.6 is 11.6 Å². The maximum Gasteiger partial charge on any atom is 0.224 e. The Morgan fingerprint density at radius 1 is 1.41 bits per heavy atom. The Hall–Kier alpha value is -2.12. The summed E-state index contributed by atoms with van der Waals surface area (Å²) < 4.78 is 7.19. The molecule has 0 fully saturated rings. The van der Waals surface area contributed by atoms with Gasteiger partial charge in [-0.05, 0) is 12.1 Å². The van der Waals surface area contributed by atoms with Crippen molar-refractivity contribution in [3.63, 3.8) is 0 Å². The third kappa shape index (κ3) is 2.05. The first-order valence-corrected chi connectivity index (χ1v) is 5.29. The number of ether oxygens (including phenoxy) is 1. The molecule has 2 N–H and O–H groups in total. The molecule has 1 aromatic carbocycles. The summed E-state index contributed by atoms with van der Waals surface area (Å²) in [6.45, 7) is 0. The summed E-state index contributed by atoms with van der Waals surface area (Å²) in [5.74, 6) is 0.918. The van der Waals surface area contributed by atoms with Crippen LogP contribution < -0.4 is 10.5 Å². The van der Waals surface area contributed by atoms with E-state index in [1.807, 2.05) is 18.2 Å². The van der Waals surface area contributed by atoms with E-state index in [4.69, 9.17) is 27.3 Å². The molecule has 0 aliphatic rings. The van der Waals surface area contributed by atoms with Crippen LogP contribution in [0.5, 0.6) is 11.6 Å². The quantitative estimate of drug-likeness (QED) is 0.887. The van der Waals surface area contributed by atoms with Crippen molar-refractivity contribution in [1.29, 1.82) is 5.26 Å². The van der Waals surface area contributed by atoms with Crippen molar-refractivity contribution in [3.05, 3.63) is 41.0 Å². The van der Waals surface area contributed by atoms with Gasteiger partial charge in [0.05, 0.1) is 10.7 Å². The van der Waals surface area contributed by atoms with Gasteiger partial charge < -0.3 is 15.0 Å². The van der Waals surface area contributed by atoms with E-state index in [0.717, 1.165) is 0 Å². The predicted molar refractivity (Wildman–Crippen MR) is 66.1 cm³/mol. The number of halogens is 1. The first-order chi connectivity index (χ1) is 8.13. The van der Waals surface area contributed by atoms with Crippen LogP contribution in [-0.2, 0) is 7.05 Å². The summed E-state index contributed by atoms with van der Waals surface area (Å²) in [7, 11) is 1.71. The average molecular weight is 248 g/mol. The van der Waals surface area contributed by atoms with Crippen molar-refractivity contribution in [2.75, 3.05) is 5.73 Å². The summed E-state index contributed by atoms with van der Waals surface area (Å²) >= 11 is 5.98. The van der Waals surface area contributed by atoms with Crippen LogP contribution in [0.2, 0.25) is 5.02 Å². The zero-order chi connectivity index (χ0) is 12.4. The second-order valence-electron chi connectivity index (χ2n) is 3.49. The number of rotatable bonds is 2. The van der Waals surface area contributed by atoms with Gasteiger partial charge >= 0.3 is 0 Å². The number of hydrogen-bond acceptors (Lipinski definition) is 3. The molecular weight excluding hydrogens is 238 g/mol. The lowest BCUT2D eigenvalue weighted by Gasteiger charge is -2.09. The van der Waals surface area contributed by atoms with Crippen molar-refractivity contribution in [3.8, 4) is 17.7 Å². The highest BCUT2D eigenvalue weighted by Crippen LogP contribution is 2.33. The number of anilines is 1. The van der Waals surface area contributed by atoms with E-state index in [1.165, 1.54) is 0 Å². The number of nitrogens with two attached hydrogens (primary N) is 1. The molecule has 0 saturated carbocycles. The van der Waals surface area contributed by atoms with Crippen LogP contribution in [0.25, 0.3) is 0 Å². The van der Waals surface area contributed by atoms with Crippen molar-refractivity contribution in [2.45, 2.75) is 0 Å². The fourth-order valence-corrected chi connectivity index (χ4v) is 1.65. The van der Waals surface area contributed by atoms with Crippen LogP contribution in [-0.4, -0.2) is 4.57 Å². The van der Waals surface area contributed by atoms with E-state index < -0.39 is 0 Å². The Balaban J connectivity index is 2.41. The Morgan fingerprint density at radius 2 is 2.12 bits per heavy atom. The van der Waals surface area contributed by atoms with E-state index in [9.17, 15) is 0 Å². The van der Waals surface area contributed by atoms with Crippen LogP contribution in [0.1, 0.15) is 5.69 Å². The van der Waals surface area contributed by atoms with Gasteiger partial charge in [0.1, 0.15) is 17.5 Å². The normalized spacial score (nSPS) is 9.94. The summed E-state index contributed by atoms with van der Waals surface area (Å²) in [6.07, 6.45) is 0. The number of aromatic nitrogens is 1. The Bertz CT molecular complexity index is 598. The minimum absolute atomic E-state index is 0.406. The lowest BCUT2D eigenvalue weighted by atomic mass is 10.3. The van der Waals surface area contributed by atoms with Crippen molar-refractivity contribution in [1.82, 2.24) is 4.57 Å². The largest absolute Gasteiger partial charge is 0.437 e. The molecule has 86 valence electrons. The molecule has 0 amide bonds. The summed E-state index contributed by atoms with van der Waals surface area (Å²) in [4.78, 5) is 0. The van der Waals surface area contributed by atoms with E-state index in [1.54, 1.807) is 29.8 Å². The summed E-state index contributed by atoms with van der Waals surface area (Å²) in [5.41, 5.74) is 6.62. The van der Waals surface area contributed by atoms with Gasteiger partial charge in [-0.25, -0.2) is 0 Å². The third-order valence-corrected chi connectivity index (χ3v) is 2.68. The highest BCUT2D eigenvalue weighted by atomic mass is 35.5. The molecule has 1 aromatic heterocycles. The zero-order valence-corrected chi connectivity index (χ0v) is 9.90. The standard InChI is InChI=1S/C12H10ClN3O/c1-16-8(7-14)6-10(15)12(16)17-11-5-3-2-4-9(11)13/h2-6H,15H2,1H3. The lowest BCUT2D eigenvalue weighted by Crippen LogP contribution is -1.97. The van der Waals surface area contributed by atoms with Crippen molar-refractivity contribution in [2.24, 2.45) is 7.05 Å². The molecule has 2 rings (SSSR count). The van der Waals surface area contributed by atoms with E-state index >= 15 is 0 Å². The minimum atomic E-state index is 0.406. The smallest absolute Gasteiger partial charge is 0.224 e. The lowest BCUT2D eigenvalue weighted by molar-refractivity contribution is 0.445. The van der Waals surface area contributed by atoms with Gasteiger partial charge in [0, 0.05) is 13.1 Å². The summed E-state index contributed by atoms with van der Waals surface area (Å²) in [6, 6.07) is 10.7. The predicted octanol–water partition coefficient (Wildman–Crippen LogP) is 2.92.